The van der Waals surface area contributed by atoms with Crippen LogP contribution in [0.1, 0.15) is 25.5 Å². The fraction of sp³-hybridized carbons (Fsp3) is 0.333. The van der Waals surface area contributed by atoms with Gasteiger partial charge in [-0.2, -0.15) is 0 Å². The Morgan fingerprint density at radius 3 is 2.87 bits per heavy atom. The number of nitrogens with one attached hydrogen (secondary N) is 1. The normalized spacial score (nSPS) is 11.7. The third-order valence-electron chi connectivity index (χ3n) is 2.12. The highest BCUT2D eigenvalue weighted by atomic mass is 35.5. The number of rotatable bonds is 3. The molecule has 0 bridgehead atoms. The third-order valence-corrected chi connectivity index (χ3v) is 2.42. The zero-order valence-corrected chi connectivity index (χ0v) is 9.53. The standard InChI is InChI=1S/C12H13ClFN/c1-3-4-7-15-9(2)10-5-6-11(13)12(14)8-10/h5-6,8-9,15H,7H2,1-2H3. The number of benzene rings is 1. The van der Waals surface area contributed by atoms with Gasteiger partial charge in [0.25, 0.3) is 0 Å². The second kappa shape index (κ2) is 5.75. The molecule has 0 aromatic heterocycles. The molecule has 0 aliphatic heterocycles. The van der Waals surface area contributed by atoms with Gasteiger partial charge in [-0.05, 0) is 31.5 Å². The van der Waals surface area contributed by atoms with E-state index in [-0.39, 0.29) is 16.9 Å². The Kier molecular flexibility index (Phi) is 4.61. The van der Waals surface area contributed by atoms with Gasteiger partial charge in [-0.3, -0.25) is 5.32 Å². The molecule has 0 fully saturated rings. The van der Waals surface area contributed by atoms with E-state index in [4.69, 9.17) is 11.6 Å². The Balaban J connectivity index is 2.68. The molecule has 80 valence electrons. The lowest BCUT2D eigenvalue weighted by Gasteiger charge is -2.12. The molecule has 0 spiro atoms. The van der Waals surface area contributed by atoms with Crippen LogP contribution in [0, 0.1) is 17.7 Å². The van der Waals surface area contributed by atoms with Crippen LogP contribution in [0.25, 0.3) is 0 Å². The smallest absolute Gasteiger partial charge is 0.142 e. The summed E-state index contributed by atoms with van der Waals surface area (Å²) in [6.07, 6.45) is 0. The molecule has 1 atom stereocenters. The molecule has 1 aromatic carbocycles. The summed E-state index contributed by atoms with van der Waals surface area (Å²) in [6, 6.07) is 4.88. The maximum Gasteiger partial charge on any atom is 0.142 e. The Labute approximate surface area is 94.6 Å². The first-order valence-corrected chi connectivity index (χ1v) is 5.11. The van der Waals surface area contributed by atoms with Crippen molar-refractivity contribution in [1.29, 1.82) is 0 Å². The quantitative estimate of drug-likeness (QED) is 0.780. The van der Waals surface area contributed by atoms with Crippen molar-refractivity contribution < 1.29 is 4.39 Å². The van der Waals surface area contributed by atoms with E-state index in [9.17, 15) is 4.39 Å². The molecule has 0 amide bonds. The van der Waals surface area contributed by atoms with Crippen molar-refractivity contribution in [3.63, 3.8) is 0 Å². The van der Waals surface area contributed by atoms with Gasteiger partial charge in [-0.1, -0.05) is 23.6 Å². The van der Waals surface area contributed by atoms with Crippen molar-refractivity contribution in [2.24, 2.45) is 0 Å². The van der Waals surface area contributed by atoms with Gasteiger partial charge in [0.05, 0.1) is 11.6 Å². The topological polar surface area (TPSA) is 12.0 Å². The van der Waals surface area contributed by atoms with Crippen LogP contribution in [-0.2, 0) is 0 Å². The Morgan fingerprint density at radius 1 is 1.53 bits per heavy atom. The molecule has 0 heterocycles. The molecule has 1 rings (SSSR count). The van der Waals surface area contributed by atoms with Crippen molar-refractivity contribution in [3.05, 3.63) is 34.6 Å². The molecule has 3 heteroatoms. The van der Waals surface area contributed by atoms with Crippen LogP contribution in [0.3, 0.4) is 0 Å². The van der Waals surface area contributed by atoms with Gasteiger partial charge in [-0.25, -0.2) is 4.39 Å². The molecule has 0 aliphatic rings. The lowest BCUT2D eigenvalue weighted by atomic mass is 10.1. The van der Waals surface area contributed by atoms with Crippen LogP contribution >= 0.6 is 11.6 Å². The van der Waals surface area contributed by atoms with Gasteiger partial charge < -0.3 is 0 Å². The first kappa shape index (κ1) is 12.0. The van der Waals surface area contributed by atoms with Gasteiger partial charge in [0, 0.05) is 6.04 Å². The van der Waals surface area contributed by atoms with E-state index < -0.39 is 0 Å². The fourth-order valence-corrected chi connectivity index (χ4v) is 1.31. The van der Waals surface area contributed by atoms with E-state index in [0.29, 0.717) is 6.54 Å². The minimum atomic E-state index is -0.385. The highest BCUT2D eigenvalue weighted by Crippen LogP contribution is 2.19. The average Bonchev–Trinajstić information content (AvgIpc) is 2.22. The average molecular weight is 226 g/mol. The van der Waals surface area contributed by atoms with Crippen molar-refractivity contribution in [1.82, 2.24) is 5.32 Å². The van der Waals surface area contributed by atoms with E-state index in [1.807, 2.05) is 13.0 Å². The maximum absolute atomic E-state index is 13.1. The molecule has 0 radical (unpaired) electrons. The van der Waals surface area contributed by atoms with Crippen molar-refractivity contribution in [2.75, 3.05) is 6.54 Å². The second-order valence-electron chi connectivity index (χ2n) is 3.20. The number of hydrogen-bond donors (Lipinski definition) is 1. The van der Waals surface area contributed by atoms with Gasteiger partial charge in [0.2, 0.25) is 0 Å². The molecule has 0 aliphatic carbocycles. The summed E-state index contributed by atoms with van der Waals surface area (Å²) < 4.78 is 13.1. The van der Waals surface area contributed by atoms with E-state index in [0.717, 1.165) is 5.56 Å². The minimum Gasteiger partial charge on any atom is -0.300 e. The van der Waals surface area contributed by atoms with Crippen LogP contribution in [0.5, 0.6) is 0 Å². The summed E-state index contributed by atoms with van der Waals surface area (Å²) in [5.74, 6) is 5.30. The lowest BCUT2D eigenvalue weighted by molar-refractivity contribution is 0.598. The van der Waals surface area contributed by atoms with Crippen LogP contribution in [0.4, 0.5) is 4.39 Å². The molecule has 15 heavy (non-hydrogen) atoms. The molecule has 1 unspecified atom stereocenters. The molecule has 1 N–H and O–H groups in total. The SMILES string of the molecule is CC#CCNC(C)c1ccc(Cl)c(F)c1. The van der Waals surface area contributed by atoms with Gasteiger partial charge in [0.15, 0.2) is 0 Å². The molecule has 1 nitrogen and oxygen atoms in total. The predicted molar refractivity (Wildman–Crippen MR) is 61.3 cm³/mol. The van der Waals surface area contributed by atoms with Crippen molar-refractivity contribution >= 4 is 11.6 Å². The van der Waals surface area contributed by atoms with E-state index in [1.54, 1.807) is 13.0 Å². The summed E-state index contributed by atoms with van der Waals surface area (Å²) in [7, 11) is 0. The summed E-state index contributed by atoms with van der Waals surface area (Å²) in [5.41, 5.74) is 0.870. The van der Waals surface area contributed by atoms with E-state index >= 15 is 0 Å². The van der Waals surface area contributed by atoms with Crippen LogP contribution in [-0.4, -0.2) is 6.54 Å². The molecule has 0 saturated heterocycles. The van der Waals surface area contributed by atoms with Gasteiger partial charge in [-0.15, -0.1) is 5.92 Å². The molecule has 0 saturated carbocycles. The number of hydrogen-bond acceptors (Lipinski definition) is 1. The zero-order chi connectivity index (χ0) is 11.3. The summed E-state index contributed by atoms with van der Waals surface area (Å²) in [4.78, 5) is 0. The van der Waals surface area contributed by atoms with Crippen molar-refractivity contribution in [3.8, 4) is 11.8 Å². The van der Waals surface area contributed by atoms with E-state index in [2.05, 4.69) is 17.2 Å². The summed E-state index contributed by atoms with van der Waals surface area (Å²) >= 11 is 5.59. The van der Waals surface area contributed by atoms with Gasteiger partial charge in [0.1, 0.15) is 5.82 Å². The second-order valence-corrected chi connectivity index (χ2v) is 3.61. The first-order chi connectivity index (χ1) is 7.15. The summed E-state index contributed by atoms with van der Waals surface area (Å²) in [6.45, 7) is 4.34. The third kappa shape index (κ3) is 3.54. The predicted octanol–water partition coefficient (Wildman–Crippen LogP) is 3.15. The molecular weight excluding hydrogens is 213 g/mol. The van der Waals surface area contributed by atoms with Crippen LogP contribution in [0.2, 0.25) is 5.02 Å². The Morgan fingerprint density at radius 2 is 2.27 bits per heavy atom. The van der Waals surface area contributed by atoms with Crippen molar-refractivity contribution in [2.45, 2.75) is 19.9 Å². The molecular formula is C12H13ClFN. The lowest BCUT2D eigenvalue weighted by Crippen LogP contribution is -2.18. The summed E-state index contributed by atoms with van der Waals surface area (Å²) in [5, 5.41) is 3.32. The highest BCUT2D eigenvalue weighted by molar-refractivity contribution is 6.30. The van der Waals surface area contributed by atoms with Crippen LogP contribution < -0.4 is 5.32 Å². The monoisotopic (exact) mass is 225 g/mol. The maximum atomic E-state index is 13.1. The minimum absolute atomic E-state index is 0.0672. The Hall–Kier alpha value is -1.04. The molecule has 1 aromatic rings. The van der Waals surface area contributed by atoms with E-state index in [1.165, 1.54) is 6.07 Å². The fourth-order valence-electron chi connectivity index (χ4n) is 1.19. The largest absolute Gasteiger partial charge is 0.300 e. The highest BCUT2D eigenvalue weighted by Gasteiger charge is 2.06. The van der Waals surface area contributed by atoms with Crippen LogP contribution in [0.15, 0.2) is 18.2 Å². The van der Waals surface area contributed by atoms with Gasteiger partial charge >= 0.3 is 0 Å². The Bertz CT molecular complexity index is 392. The number of halogens is 2. The first-order valence-electron chi connectivity index (χ1n) is 4.73. The zero-order valence-electron chi connectivity index (χ0n) is 8.77.